The molecule has 2 fully saturated rings. The number of urea groups is 1. The van der Waals surface area contributed by atoms with Gasteiger partial charge in [0.1, 0.15) is 0 Å². The topological polar surface area (TPSA) is 91.8 Å². The third-order valence-corrected chi connectivity index (χ3v) is 7.97. The van der Waals surface area contributed by atoms with E-state index in [1.807, 2.05) is 13.8 Å². The van der Waals surface area contributed by atoms with Crippen molar-refractivity contribution in [3.05, 3.63) is 0 Å². The molecule has 9 heteroatoms. The molecule has 2 unspecified atom stereocenters. The van der Waals surface area contributed by atoms with Gasteiger partial charge < -0.3 is 9.80 Å². The van der Waals surface area contributed by atoms with Crippen LogP contribution in [0.4, 0.5) is 4.79 Å². The second kappa shape index (κ2) is 6.35. The number of hydrogen-bond acceptors (Lipinski definition) is 5. The van der Waals surface area contributed by atoms with E-state index in [0.29, 0.717) is 25.9 Å². The van der Waals surface area contributed by atoms with Gasteiger partial charge in [-0.15, -0.1) is 0 Å². The van der Waals surface area contributed by atoms with Crippen molar-refractivity contribution < 1.29 is 21.6 Å². The Bertz CT molecular complexity index is 575. The maximum absolute atomic E-state index is 12.8. The Morgan fingerprint density at radius 2 is 1.23 bits per heavy atom. The molecule has 0 spiro atoms. The Kier molecular flexibility index (Phi) is 5.06. The van der Waals surface area contributed by atoms with Crippen molar-refractivity contribution in [2.45, 2.75) is 38.8 Å². The maximum atomic E-state index is 12.8. The van der Waals surface area contributed by atoms with Gasteiger partial charge in [0.15, 0.2) is 19.7 Å². The van der Waals surface area contributed by atoms with E-state index in [1.54, 1.807) is 9.80 Å². The summed E-state index contributed by atoms with van der Waals surface area (Å²) in [5.41, 5.74) is 0. The third kappa shape index (κ3) is 3.73. The highest BCUT2D eigenvalue weighted by molar-refractivity contribution is 7.91. The molecule has 2 amide bonds. The zero-order valence-electron chi connectivity index (χ0n) is 13.1. The van der Waals surface area contributed by atoms with E-state index in [2.05, 4.69) is 0 Å². The number of carbonyl (C=O) groups excluding carboxylic acids is 1. The van der Waals surface area contributed by atoms with Crippen molar-refractivity contribution in [2.24, 2.45) is 0 Å². The first-order valence-electron chi connectivity index (χ1n) is 7.67. The average molecular weight is 352 g/mol. The molecule has 0 aromatic heterocycles. The maximum Gasteiger partial charge on any atom is 0.320 e. The van der Waals surface area contributed by atoms with Crippen LogP contribution in [0.25, 0.3) is 0 Å². The number of nitrogens with zero attached hydrogens (tertiary/aromatic N) is 2. The fraction of sp³-hybridized carbons (Fsp3) is 0.923. The smallest absolute Gasteiger partial charge is 0.320 e. The van der Waals surface area contributed by atoms with Gasteiger partial charge in [0.05, 0.1) is 23.0 Å². The standard InChI is InChI=1S/C13H24N2O5S2/c1-3-14(11-5-7-21(17,18)9-11)13(16)15(4-2)12-6-8-22(19,20)10-12/h11-12H,3-10H2,1-2H3. The molecule has 7 nitrogen and oxygen atoms in total. The van der Waals surface area contributed by atoms with Gasteiger partial charge in [-0.05, 0) is 26.7 Å². The molecule has 2 aliphatic rings. The van der Waals surface area contributed by atoms with Gasteiger partial charge in [-0.25, -0.2) is 21.6 Å². The van der Waals surface area contributed by atoms with Crippen molar-refractivity contribution in [2.75, 3.05) is 36.1 Å². The molecule has 0 saturated carbocycles. The van der Waals surface area contributed by atoms with Crippen molar-refractivity contribution in [1.29, 1.82) is 0 Å². The van der Waals surface area contributed by atoms with Crippen LogP contribution in [-0.2, 0) is 19.7 Å². The van der Waals surface area contributed by atoms with E-state index in [4.69, 9.17) is 0 Å². The van der Waals surface area contributed by atoms with Crippen LogP contribution in [-0.4, -0.2) is 80.9 Å². The van der Waals surface area contributed by atoms with E-state index >= 15 is 0 Å². The SMILES string of the molecule is CCN(C(=O)N(CC)C1CCS(=O)(=O)C1)C1CCS(=O)(=O)C1. The first-order chi connectivity index (χ1) is 10.2. The summed E-state index contributed by atoms with van der Waals surface area (Å²) in [6, 6.07) is -0.835. The van der Waals surface area contributed by atoms with Gasteiger partial charge in [0, 0.05) is 25.2 Å². The molecular weight excluding hydrogens is 328 g/mol. The third-order valence-electron chi connectivity index (χ3n) is 4.47. The minimum absolute atomic E-state index is 0.00704. The fourth-order valence-electron chi connectivity index (χ4n) is 3.31. The van der Waals surface area contributed by atoms with Gasteiger partial charge >= 0.3 is 6.03 Å². The summed E-state index contributed by atoms with van der Waals surface area (Å²) in [6.45, 7) is 4.49. The van der Waals surface area contributed by atoms with Gasteiger partial charge in [0.25, 0.3) is 0 Å². The number of carbonyl (C=O) groups is 1. The number of sulfone groups is 2. The average Bonchev–Trinajstić information content (AvgIpc) is 2.94. The highest BCUT2D eigenvalue weighted by atomic mass is 32.2. The molecule has 2 heterocycles. The fourth-order valence-corrected chi connectivity index (χ4v) is 6.77. The van der Waals surface area contributed by atoms with Crippen LogP contribution in [0.2, 0.25) is 0 Å². The summed E-state index contributed by atoms with van der Waals surface area (Å²) < 4.78 is 46.5. The molecular formula is C13H24N2O5S2. The normalized spacial score (nSPS) is 29.4. The lowest BCUT2D eigenvalue weighted by Crippen LogP contribution is -2.52. The van der Waals surface area contributed by atoms with Crippen molar-refractivity contribution in [3.8, 4) is 0 Å². The van der Waals surface area contributed by atoms with Crippen LogP contribution in [0.3, 0.4) is 0 Å². The number of hydrogen-bond donors (Lipinski definition) is 0. The lowest BCUT2D eigenvalue weighted by Gasteiger charge is -2.35. The Morgan fingerprint density at radius 1 is 0.864 bits per heavy atom. The van der Waals surface area contributed by atoms with Gasteiger partial charge in [-0.1, -0.05) is 0 Å². The lowest BCUT2D eigenvalue weighted by atomic mass is 10.2. The lowest BCUT2D eigenvalue weighted by molar-refractivity contribution is 0.129. The minimum Gasteiger partial charge on any atom is -0.321 e. The molecule has 2 atom stereocenters. The van der Waals surface area contributed by atoms with E-state index < -0.39 is 19.7 Å². The molecule has 0 N–H and O–H groups in total. The first kappa shape index (κ1) is 17.5. The Labute approximate surface area is 132 Å². The molecule has 0 aromatic rings. The zero-order valence-corrected chi connectivity index (χ0v) is 14.7. The largest absolute Gasteiger partial charge is 0.321 e. The van der Waals surface area contributed by atoms with E-state index in [9.17, 15) is 21.6 Å². The molecule has 22 heavy (non-hydrogen) atoms. The number of amides is 2. The predicted molar refractivity (Wildman–Crippen MR) is 84.3 cm³/mol. The van der Waals surface area contributed by atoms with Gasteiger partial charge in [-0.3, -0.25) is 0 Å². The van der Waals surface area contributed by atoms with Crippen molar-refractivity contribution >= 4 is 25.7 Å². The van der Waals surface area contributed by atoms with Crippen LogP contribution in [0.5, 0.6) is 0 Å². The van der Waals surface area contributed by atoms with E-state index in [-0.39, 0.29) is 41.1 Å². The highest BCUT2D eigenvalue weighted by Crippen LogP contribution is 2.23. The molecule has 2 rings (SSSR count). The summed E-state index contributed by atoms with van der Waals surface area (Å²) in [4.78, 5) is 15.9. The summed E-state index contributed by atoms with van der Waals surface area (Å²) in [5.74, 6) is 0.247. The zero-order chi connectivity index (χ0) is 16.5. The van der Waals surface area contributed by atoms with Crippen molar-refractivity contribution in [1.82, 2.24) is 9.80 Å². The quantitative estimate of drug-likeness (QED) is 0.717. The summed E-state index contributed by atoms with van der Waals surface area (Å²) in [5, 5.41) is 0. The highest BCUT2D eigenvalue weighted by Gasteiger charge is 2.39. The molecule has 2 saturated heterocycles. The first-order valence-corrected chi connectivity index (χ1v) is 11.3. The van der Waals surface area contributed by atoms with E-state index in [1.165, 1.54) is 0 Å². The second-order valence-electron chi connectivity index (χ2n) is 5.97. The summed E-state index contributed by atoms with van der Waals surface area (Å²) in [6.07, 6.45) is 0.921. The Balaban J connectivity index is 2.13. The predicted octanol–water partition coefficient (Wildman–Crippen LogP) is 0.124. The molecule has 0 bridgehead atoms. The van der Waals surface area contributed by atoms with Crippen LogP contribution < -0.4 is 0 Å². The Morgan fingerprint density at radius 3 is 1.45 bits per heavy atom. The summed E-state index contributed by atoms with van der Waals surface area (Å²) >= 11 is 0. The molecule has 2 aliphatic heterocycles. The van der Waals surface area contributed by atoms with Crippen LogP contribution >= 0.6 is 0 Å². The molecule has 0 aromatic carbocycles. The minimum atomic E-state index is -3.06. The molecule has 0 radical (unpaired) electrons. The molecule has 0 aliphatic carbocycles. The van der Waals surface area contributed by atoms with E-state index in [0.717, 1.165) is 0 Å². The van der Waals surface area contributed by atoms with Gasteiger partial charge in [0.2, 0.25) is 0 Å². The van der Waals surface area contributed by atoms with Crippen LogP contribution in [0.1, 0.15) is 26.7 Å². The Hall–Kier alpha value is -0.830. The van der Waals surface area contributed by atoms with Gasteiger partial charge in [-0.2, -0.15) is 0 Å². The summed E-state index contributed by atoms with van der Waals surface area (Å²) in [7, 11) is -6.12. The van der Waals surface area contributed by atoms with Crippen molar-refractivity contribution in [3.63, 3.8) is 0 Å². The molecule has 128 valence electrons. The number of rotatable bonds is 4. The second-order valence-corrected chi connectivity index (χ2v) is 10.4. The monoisotopic (exact) mass is 352 g/mol. The van der Waals surface area contributed by atoms with Crippen LogP contribution in [0, 0.1) is 0 Å². The van der Waals surface area contributed by atoms with Crippen LogP contribution in [0.15, 0.2) is 0 Å².